The minimum atomic E-state index is -2.89. The van der Waals surface area contributed by atoms with E-state index in [1.807, 2.05) is 0 Å². The summed E-state index contributed by atoms with van der Waals surface area (Å²) in [7, 11) is 0. The maximum Gasteiger partial charge on any atom is 0.287 e. The monoisotopic (exact) mass is 260 g/mol. The minimum Gasteiger partial charge on any atom is -0.275 e. The van der Waals surface area contributed by atoms with Gasteiger partial charge in [0.15, 0.2) is 0 Å². The van der Waals surface area contributed by atoms with Crippen LogP contribution >= 0.6 is 15.9 Å². The molecule has 0 bridgehead atoms. The van der Waals surface area contributed by atoms with Crippen molar-refractivity contribution in [3.05, 3.63) is 28.4 Å². The lowest BCUT2D eigenvalue weighted by Gasteiger charge is -2.07. The molecule has 2 rings (SSSR count). The summed E-state index contributed by atoms with van der Waals surface area (Å²) in [5.41, 5.74) is 0.401. The molecule has 0 aliphatic rings. The standard InChI is InChI=1S/C9H7BrF2N2/c1-9(11,12)8-6-4-5(10)2-3-7(6)13-14-8/h2-4H,1H3,(H,13,14). The lowest BCUT2D eigenvalue weighted by Crippen LogP contribution is -2.07. The summed E-state index contributed by atoms with van der Waals surface area (Å²) < 4.78 is 26.9. The number of H-pyrrole nitrogens is 1. The molecule has 1 aromatic heterocycles. The Bertz CT molecular complexity index is 473. The highest BCUT2D eigenvalue weighted by atomic mass is 79.9. The number of rotatable bonds is 1. The van der Waals surface area contributed by atoms with Crippen molar-refractivity contribution in [3.63, 3.8) is 0 Å². The Hall–Kier alpha value is -0.970. The summed E-state index contributed by atoms with van der Waals surface area (Å²) in [5, 5.41) is 6.61. The van der Waals surface area contributed by atoms with Gasteiger partial charge in [-0.3, -0.25) is 5.10 Å². The Morgan fingerprint density at radius 1 is 1.43 bits per heavy atom. The summed E-state index contributed by atoms with van der Waals surface area (Å²) in [6.45, 7) is 0.848. The molecule has 14 heavy (non-hydrogen) atoms. The van der Waals surface area contributed by atoms with Gasteiger partial charge in [0.25, 0.3) is 5.92 Å². The van der Waals surface area contributed by atoms with Crippen LogP contribution in [0.15, 0.2) is 22.7 Å². The number of hydrogen-bond acceptors (Lipinski definition) is 1. The van der Waals surface area contributed by atoms with Crippen LogP contribution in [0.3, 0.4) is 0 Å². The molecule has 0 aliphatic heterocycles. The van der Waals surface area contributed by atoms with Crippen LogP contribution in [0.1, 0.15) is 12.6 Å². The van der Waals surface area contributed by atoms with Gasteiger partial charge in [-0.05, 0) is 18.2 Å². The molecule has 0 spiro atoms. The molecular weight excluding hydrogens is 254 g/mol. The van der Waals surface area contributed by atoms with E-state index < -0.39 is 5.92 Å². The Morgan fingerprint density at radius 2 is 2.14 bits per heavy atom. The molecule has 0 fully saturated rings. The topological polar surface area (TPSA) is 28.7 Å². The highest BCUT2D eigenvalue weighted by Crippen LogP contribution is 2.32. The van der Waals surface area contributed by atoms with Crippen molar-refractivity contribution in [2.24, 2.45) is 0 Å². The first-order chi connectivity index (χ1) is 6.48. The first kappa shape index (κ1) is 9.58. The lowest BCUT2D eigenvalue weighted by molar-refractivity contribution is 0.0142. The smallest absolute Gasteiger partial charge is 0.275 e. The van der Waals surface area contributed by atoms with E-state index in [1.54, 1.807) is 18.2 Å². The number of aromatic nitrogens is 2. The summed E-state index contributed by atoms with van der Waals surface area (Å²) >= 11 is 3.23. The molecule has 0 saturated carbocycles. The maximum atomic E-state index is 13.1. The largest absolute Gasteiger partial charge is 0.287 e. The Balaban J connectivity index is 2.73. The molecule has 0 unspecified atom stereocenters. The van der Waals surface area contributed by atoms with Crippen LogP contribution in [0.5, 0.6) is 0 Å². The van der Waals surface area contributed by atoms with E-state index in [2.05, 4.69) is 26.1 Å². The van der Waals surface area contributed by atoms with Crippen LogP contribution in [0.4, 0.5) is 8.78 Å². The van der Waals surface area contributed by atoms with Crippen molar-refractivity contribution < 1.29 is 8.78 Å². The number of fused-ring (bicyclic) bond motifs is 1. The number of alkyl halides is 2. The Morgan fingerprint density at radius 3 is 2.79 bits per heavy atom. The van der Waals surface area contributed by atoms with Crippen molar-refractivity contribution in [3.8, 4) is 0 Å². The summed E-state index contributed by atoms with van der Waals surface area (Å²) in [6.07, 6.45) is 0. The van der Waals surface area contributed by atoms with Gasteiger partial charge < -0.3 is 0 Å². The van der Waals surface area contributed by atoms with Crippen molar-refractivity contribution in [2.45, 2.75) is 12.8 Å². The Kier molecular flexibility index (Phi) is 2.06. The third-order valence-electron chi connectivity index (χ3n) is 1.96. The molecule has 0 radical (unpaired) electrons. The SMILES string of the molecule is CC(F)(F)c1[nH]nc2ccc(Br)cc12. The molecule has 74 valence electrons. The number of benzene rings is 1. The summed E-state index contributed by atoms with van der Waals surface area (Å²) in [4.78, 5) is 0. The predicted molar refractivity (Wildman–Crippen MR) is 53.4 cm³/mol. The highest BCUT2D eigenvalue weighted by molar-refractivity contribution is 9.10. The summed E-state index contributed by atoms with van der Waals surface area (Å²) in [6, 6.07) is 5.08. The number of hydrogen-bond donors (Lipinski definition) is 1. The van der Waals surface area contributed by atoms with Crippen molar-refractivity contribution in [1.82, 2.24) is 10.2 Å². The van der Waals surface area contributed by atoms with E-state index in [4.69, 9.17) is 0 Å². The van der Waals surface area contributed by atoms with E-state index >= 15 is 0 Å². The van der Waals surface area contributed by atoms with Crippen LogP contribution in [0.25, 0.3) is 10.9 Å². The van der Waals surface area contributed by atoms with Crippen LogP contribution in [-0.4, -0.2) is 10.2 Å². The van der Waals surface area contributed by atoms with Crippen LogP contribution in [0, 0.1) is 0 Å². The average molecular weight is 261 g/mol. The van der Waals surface area contributed by atoms with Gasteiger partial charge in [0.05, 0.1) is 5.52 Å². The van der Waals surface area contributed by atoms with Crippen molar-refractivity contribution in [2.75, 3.05) is 0 Å². The van der Waals surface area contributed by atoms with E-state index in [0.29, 0.717) is 10.9 Å². The summed E-state index contributed by atoms with van der Waals surface area (Å²) in [5.74, 6) is -2.89. The third kappa shape index (κ3) is 1.52. The number of halogens is 3. The fourth-order valence-corrected chi connectivity index (χ4v) is 1.68. The van der Waals surface area contributed by atoms with Gasteiger partial charge in [0, 0.05) is 16.8 Å². The fraction of sp³-hybridized carbons (Fsp3) is 0.222. The van der Waals surface area contributed by atoms with Gasteiger partial charge in [-0.1, -0.05) is 15.9 Å². The average Bonchev–Trinajstić information content (AvgIpc) is 2.45. The van der Waals surface area contributed by atoms with E-state index in [9.17, 15) is 8.78 Å². The number of nitrogens with zero attached hydrogens (tertiary/aromatic N) is 1. The normalized spacial score (nSPS) is 12.3. The van der Waals surface area contributed by atoms with E-state index in [0.717, 1.165) is 11.4 Å². The lowest BCUT2D eigenvalue weighted by atomic mass is 10.1. The second-order valence-electron chi connectivity index (χ2n) is 3.15. The zero-order valence-electron chi connectivity index (χ0n) is 7.31. The molecule has 0 atom stereocenters. The third-order valence-corrected chi connectivity index (χ3v) is 2.45. The fourth-order valence-electron chi connectivity index (χ4n) is 1.32. The molecule has 0 saturated heterocycles. The van der Waals surface area contributed by atoms with Crippen LogP contribution in [0.2, 0.25) is 0 Å². The van der Waals surface area contributed by atoms with E-state index in [-0.39, 0.29) is 5.69 Å². The molecule has 2 nitrogen and oxygen atoms in total. The molecular formula is C9H7BrF2N2. The molecule has 1 N–H and O–H groups in total. The second-order valence-corrected chi connectivity index (χ2v) is 4.06. The van der Waals surface area contributed by atoms with Crippen LogP contribution < -0.4 is 0 Å². The van der Waals surface area contributed by atoms with Gasteiger partial charge in [0.1, 0.15) is 5.69 Å². The molecule has 5 heteroatoms. The second kappa shape index (κ2) is 3.02. The molecule has 0 aliphatic carbocycles. The molecule has 0 amide bonds. The van der Waals surface area contributed by atoms with Gasteiger partial charge >= 0.3 is 0 Å². The zero-order chi connectivity index (χ0) is 10.3. The first-order valence-electron chi connectivity index (χ1n) is 4.00. The van der Waals surface area contributed by atoms with Gasteiger partial charge in [-0.2, -0.15) is 13.9 Å². The Labute approximate surface area is 87.4 Å². The number of aromatic amines is 1. The predicted octanol–water partition coefficient (Wildman–Crippen LogP) is 3.44. The first-order valence-corrected chi connectivity index (χ1v) is 4.80. The van der Waals surface area contributed by atoms with Gasteiger partial charge in [-0.15, -0.1) is 0 Å². The van der Waals surface area contributed by atoms with E-state index in [1.165, 1.54) is 0 Å². The molecule has 2 aromatic rings. The van der Waals surface area contributed by atoms with Gasteiger partial charge in [0.2, 0.25) is 0 Å². The quantitative estimate of drug-likeness (QED) is 0.836. The van der Waals surface area contributed by atoms with Crippen LogP contribution in [-0.2, 0) is 5.92 Å². The van der Waals surface area contributed by atoms with Crippen molar-refractivity contribution >= 4 is 26.8 Å². The molecule has 1 heterocycles. The highest BCUT2D eigenvalue weighted by Gasteiger charge is 2.28. The zero-order valence-corrected chi connectivity index (χ0v) is 8.90. The molecule has 1 aromatic carbocycles. The maximum absolute atomic E-state index is 13.1. The number of nitrogens with one attached hydrogen (secondary N) is 1. The minimum absolute atomic E-state index is 0.145. The van der Waals surface area contributed by atoms with Gasteiger partial charge in [-0.25, -0.2) is 0 Å². The van der Waals surface area contributed by atoms with Crippen molar-refractivity contribution in [1.29, 1.82) is 0 Å².